The van der Waals surface area contributed by atoms with Gasteiger partial charge in [-0.2, -0.15) is 10.1 Å². The highest BCUT2D eigenvalue weighted by Gasteiger charge is 2.21. The van der Waals surface area contributed by atoms with Crippen LogP contribution in [-0.2, 0) is 0 Å². The Morgan fingerprint density at radius 1 is 1.04 bits per heavy atom. The molecule has 3 rings (SSSR count). The molecule has 1 saturated heterocycles. The summed E-state index contributed by atoms with van der Waals surface area (Å²) in [5.41, 5.74) is 1.15. The second-order valence-electron chi connectivity index (χ2n) is 5.93. The van der Waals surface area contributed by atoms with Crippen molar-refractivity contribution >= 4 is 17.5 Å². The molecule has 0 aliphatic carbocycles. The lowest BCUT2D eigenvalue weighted by molar-refractivity contribution is 0.413. The third-order valence-corrected chi connectivity index (χ3v) is 4.61. The molecule has 0 unspecified atom stereocenters. The first-order valence-electron chi connectivity index (χ1n) is 8.84. The molecular weight excluding hydrogens is 316 g/mol. The molecule has 1 fully saturated rings. The minimum Gasteiger partial charge on any atom is -0.495 e. The number of nitrogens with zero attached hydrogens (tertiary/aromatic N) is 6. The summed E-state index contributed by atoms with van der Waals surface area (Å²) in [6.07, 6.45) is 1.76. The molecule has 0 amide bonds. The van der Waals surface area contributed by atoms with Gasteiger partial charge in [-0.05, 0) is 26.0 Å². The summed E-state index contributed by atoms with van der Waals surface area (Å²) in [4.78, 5) is 11.4. The summed E-state index contributed by atoms with van der Waals surface area (Å²) >= 11 is 0. The fourth-order valence-corrected chi connectivity index (χ4v) is 3.15. The van der Waals surface area contributed by atoms with Crippen LogP contribution in [0.3, 0.4) is 0 Å². The van der Waals surface area contributed by atoms with E-state index in [1.165, 1.54) is 0 Å². The van der Waals surface area contributed by atoms with E-state index in [-0.39, 0.29) is 0 Å². The van der Waals surface area contributed by atoms with Gasteiger partial charge in [-0.25, -0.2) is 0 Å². The summed E-state index contributed by atoms with van der Waals surface area (Å²) in [7, 11) is 1.72. The summed E-state index contributed by atoms with van der Waals surface area (Å²) in [5, 5.41) is 8.32. The Hall–Kier alpha value is -2.57. The average Bonchev–Trinajstić information content (AvgIpc) is 2.69. The van der Waals surface area contributed by atoms with Crippen molar-refractivity contribution in [2.24, 2.45) is 0 Å². The minimum absolute atomic E-state index is 0.703. The fourth-order valence-electron chi connectivity index (χ4n) is 3.15. The number of methoxy groups -OCH3 is 1. The van der Waals surface area contributed by atoms with Crippen molar-refractivity contribution in [1.82, 2.24) is 15.2 Å². The lowest BCUT2D eigenvalue weighted by Gasteiger charge is -2.37. The molecule has 2 aromatic rings. The van der Waals surface area contributed by atoms with Crippen LogP contribution in [0, 0.1) is 0 Å². The second kappa shape index (κ2) is 8.00. The maximum atomic E-state index is 5.49. The predicted octanol–water partition coefficient (Wildman–Crippen LogP) is 2.05. The molecule has 1 aromatic heterocycles. The van der Waals surface area contributed by atoms with Crippen LogP contribution < -0.4 is 19.4 Å². The first kappa shape index (κ1) is 17.3. The monoisotopic (exact) mass is 342 g/mol. The van der Waals surface area contributed by atoms with Crippen molar-refractivity contribution in [3.05, 3.63) is 30.5 Å². The van der Waals surface area contributed by atoms with Gasteiger partial charge >= 0.3 is 0 Å². The van der Waals surface area contributed by atoms with E-state index in [0.29, 0.717) is 5.95 Å². The summed E-state index contributed by atoms with van der Waals surface area (Å²) in [6.45, 7) is 9.60. The molecule has 0 spiro atoms. The molecule has 7 nitrogen and oxygen atoms in total. The molecule has 7 heteroatoms. The fraction of sp³-hybridized carbons (Fsp3) is 0.500. The molecular formula is C18H26N6O. The summed E-state index contributed by atoms with van der Waals surface area (Å²) in [5.74, 6) is 2.52. The molecule has 1 aliphatic rings. The number of ether oxygens (including phenoxy) is 1. The van der Waals surface area contributed by atoms with Gasteiger partial charge < -0.3 is 19.4 Å². The number of benzene rings is 1. The van der Waals surface area contributed by atoms with Gasteiger partial charge in [-0.3, -0.25) is 0 Å². The van der Waals surface area contributed by atoms with Crippen molar-refractivity contribution in [1.29, 1.82) is 0 Å². The minimum atomic E-state index is 0.703. The van der Waals surface area contributed by atoms with Gasteiger partial charge in [0.25, 0.3) is 0 Å². The number of rotatable bonds is 6. The highest BCUT2D eigenvalue weighted by Crippen LogP contribution is 2.29. The van der Waals surface area contributed by atoms with E-state index in [2.05, 4.69) is 50.9 Å². The Kier molecular flexibility index (Phi) is 5.53. The standard InChI is InChI=1S/C18H26N6O/c1-4-22(5-2)18-20-17(14-19-21-18)24-12-10-23(11-13-24)15-8-6-7-9-16(15)25-3/h6-9,14H,4-5,10-13H2,1-3H3. The molecule has 1 aliphatic heterocycles. The summed E-state index contributed by atoms with van der Waals surface area (Å²) in [6, 6.07) is 8.17. The van der Waals surface area contributed by atoms with E-state index >= 15 is 0 Å². The van der Waals surface area contributed by atoms with Crippen LogP contribution in [0.4, 0.5) is 17.5 Å². The van der Waals surface area contributed by atoms with Crippen LogP contribution in [0.25, 0.3) is 0 Å². The Bertz CT molecular complexity index is 683. The maximum absolute atomic E-state index is 5.49. The van der Waals surface area contributed by atoms with Crippen LogP contribution >= 0.6 is 0 Å². The Morgan fingerprint density at radius 3 is 2.40 bits per heavy atom. The zero-order valence-corrected chi connectivity index (χ0v) is 15.2. The first-order valence-corrected chi connectivity index (χ1v) is 8.84. The number of piperazine rings is 1. The Morgan fingerprint density at radius 2 is 1.72 bits per heavy atom. The Labute approximate surface area is 149 Å². The van der Waals surface area contributed by atoms with E-state index in [1.807, 2.05) is 12.1 Å². The second-order valence-corrected chi connectivity index (χ2v) is 5.93. The van der Waals surface area contributed by atoms with Gasteiger partial charge in [0, 0.05) is 39.3 Å². The van der Waals surface area contributed by atoms with Crippen LogP contribution in [0.15, 0.2) is 30.5 Å². The highest BCUT2D eigenvalue weighted by molar-refractivity contribution is 5.59. The maximum Gasteiger partial charge on any atom is 0.247 e. The largest absolute Gasteiger partial charge is 0.495 e. The van der Waals surface area contributed by atoms with Crippen molar-refractivity contribution < 1.29 is 4.74 Å². The number of aromatic nitrogens is 3. The van der Waals surface area contributed by atoms with Gasteiger partial charge in [0.05, 0.1) is 19.0 Å². The highest BCUT2D eigenvalue weighted by atomic mass is 16.5. The topological polar surface area (TPSA) is 57.6 Å². The lowest BCUT2D eigenvalue weighted by atomic mass is 10.2. The SMILES string of the molecule is CCN(CC)c1nncc(N2CCN(c3ccccc3OC)CC2)n1. The number of anilines is 3. The van der Waals surface area contributed by atoms with E-state index in [1.54, 1.807) is 13.3 Å². The van der Waals surface area contributed by atoms with Crippen LogP contribution in [0.1, 0.15) is 13.8 Å². The third-order valence-electron chi connectivity index (χ3n) is 4.61. The van der Waals surface area contributed by atoms with Crippen molar-refractivity contribution in [3.63, 3.8) is 0 Å². The van der Waals surface area contributed by atoms with E-state index in [4.69, 9.17) is 9.72 Å². The van der Waals surface area contributed by atoms with E-state index in [9.17, 15) is 0 Å². The number of hydrogen-bond donors (Lipinski definition) is 0. The lowest BCUT2D eigenvalue weighted by Crippen LogP contribution is -2.47. The zero-order chi connectivity index (χ0) is 17.6. The molecule has 2 heterocycles. The van der Waals surface area contributed by atoms with Crippen LogP contribution in [0.5, 0.6) is 5.75 Å². The van der Waals surface area contributed by atoms with Crippen molar-refractivity contribution in [2.45, 2.75) is 13.8 Å². The van der Waals surface area contributed by atoms with Gasteiger partial charge in [-0.1, -0.05) is 12.1 Å². The Balaban J connectivity index is 1.69. The third kappa shape index (κ3) is 3.75. The van der Waals surface area contributed by atoms with Crippen LogP contribution in [0.2, 0.25) is 0 Å². The molecule has 0 bridgehead atoms. The van der Waals surface area contributed by atoms with Gasteiger partial charge in [-0.15, -0.1) is 5.10 Å². The quantitative estimate of drug-likeness (QED) is 0.796. The van der Waals surface area contributed by atoms with Gasteiger partial charge in [0.15, 0.2) is 5.82 Å². The van der Waals surface area contributed by atoms with Gasteiger partial charge in [0.1, 0.15) is 5.75 Å². The van der Waals surface area contributed by atoms with Crippen molar-refractivity contribution in [2.75, 3.05) is 61.1 Å². The molecule has 25 heavy (non-hydrogen) atoms. The first-order chi connectivity index (χ1) is 12.3. The molecule has 1 aromatic carbocycles. The predicted molar refractivity (Wildman–Crippen MR) is 101 cm³/mol. The van der Waals surface area contributed by atoms with E-state index in [0.717, 1.165) is 56.5 Å². The smallest absolute Gasteiger partial charge is 0.247 e. The molecule has 0 atom stereocenters. The summed E-state index contributed by atoms with van der Waals surface area (Å²) < 4.78 is 5.49. The van der Waals surface area contributed by atoms with E-state index < -0.39 is 0 Å². The van der Waals surface area contributed by atoms with Gasteiger partial charge in [0.2, 0.25) is 5.95 Å². The normalized spacial score (nSPS) is 14.5. The number of para-hydroxylation sites is 2. The number of hydrogen-bond acceptors (Lipinski definition) is 7. The molecule has 134 valence electrons. The van der Waals surface area contributed by atoms with Crippen LogP contribution in [-0.4, -0.2) is 61.6 Å². The molecule has 0 saturated carbocycles. The zero-order valence-electron chi connectivity index (χ0n) is 15.2. The average molecular weight is 342 g/mol. The molecule has 0 N–H and O–H groups in total. The molecule has 0 radical (unpaired) electrons. The van der Waals surface area contributed by atoms with Crippen molar-refractivity contribution in [3.8, 4) is 5.75 Å².